The molecule has 1 heterocycles. The average molecular weight is 194 g/mol. The van der Waals surface area contributed by atoms with E-state index in [9.17, 15) is 0 Å². The van der Waals surface area contributed by atoms with E-state index in [-0.39, 0.29) is 0 Å². The van der Waals surface area contributed by atoms with Crippen LogP contribution in [0, 0.1) is 0 Å². The first-order valence-electron chi connectivity index (χ1n) is 5.30. The predicted molar refractivity (Wildman–Crippen MR) is 55.9 cm³/mol. The van der Waals surface area contributed by atoms with Gasteiger partial charge in [-0.25, -0.2) is 0 Å². The number of nitrogens with one attached hydrogen (secondary N) is 1. The summed E-state index contributed by atoms with van der Waals surface area (Å²) < 4.78 is 5.34. The Hall–Kier alpha value is -0.800. The number of furan rings is 1. The molecule has 3 unspecified atom stereocenters. The molecule has 14 heavy (non-hydrogen) atoms. The number of nitrogens with two attached hydrogens (primary N) is 1. The van der Waals surface area contributed by atoms with E-state index in [4.69, 9.17) is 10.2 Å². The summed E-state index contributed by atoms with van der Waals surface area (Å²) in [6.45, 7) is 2.13. The number of hydrogen-bond acceptors (Lipinski definition) is 3. The summed E-state index contributed by atoms with van der Waals surface area (Å²) in [5, 5.41) is 3.54. The lowest BCUT2D eigenvalue weighted by molar-refractivity contribution is 0.388. The Morgan fingerprint density at radius 2 is 2.43 bits per heavy atom. The van der Waals surface area contributed by atoms with Gasteiger partial charge in [0.1, 0.15) is 5.76 Å². The van der Waals surface area contributed by atoms with Crippen LogP contribution in [0.4, 0.5) is 0 Å². The molecule has 1 aromatic heterocycles. The Labute approximate surface area is 84.7 Å². The third-order valence-corrected chi connectivity index (χ3v) is 2.93. The van der Waals surface area contributed by atoms with Crippen molar-refractivity contribution in [3.63, 3.8) is 0 Å². The highest BCUT2D eigenvalue weighted by Crippen LogP contribution is 2.21. The third kappa shape index (κ3) is 2.16. The molecule has 1 saturated carbocycles. The maximum atomic E-state index is 5.86. The van der Waals surface area contributed by atoms with Gasteiger partial charge in [0, 0.05) is 12.1 Å². The Morgan fingerprint density at radius 1 is 1.57 bits per heavy atom. The van der Waals surface area contributed by atoms with Crippen LogP contribution in [0.1, 0.15) is 38.0 Å². The fourth-order valence-electron chi connectivity index (χ4n) is 2.14. The van der Waals surface area contributed by atoms with Crippen LogP contribution in [0.3, 0.4) is 0 Å². The smallest absolute Gasteiger partial charge is 0.120 e. The first-order chi connectivity index (χ1) is 6.75. The van der Waals surface area contributed by atoms with Crippen LogP contribution in [0.2, 0.25) is 0 Å². The fraction of sp³-hybridized carbons (Fsp3) is 0.636. The molecule has 1 aliphatic carbocycles. The van der Waals surface area contributed by atoms with E-state index in [1.165, 1.54) is 6.42 Å². The maximum absolute atomic E-state index is 5.86. The van der Waals surface area contributed by atoms with Crippen molar-refractivity contribution < 1.29 is 4.42 Å². The Bertz CT molecular complexity index is 271. The zero-order chi connectivity index (χ0) is 9.97. The molecule has 3 atom stereocenters. The van der Waals surface area contributed by atoms with Crippen molar-refractivity contribution in [1.82, 2.24) is 5.32 Å². The van der Waals surface area contributed by atoms with E-state index in [1.54, 1.807) is 6.26 Å². The molecule has 1 aromatic rings. The Morgan fingerprint density at radius 3 is 3.00 bits per heavy atom. The van der Waals surface area contributed by atoms with Crippen molar-refractivity contribution in [1.29, 1.82) is 0 Å². The molecule has 0 saturated heterocycles. The molecule has 3 nitrogen and oxygen atoms in total. The summed E-state index contributed by atoms with van der Waals surface area (Å²) in [6, 6.07) is 5.17. The number of rotatable bonds is 3. The lowest BCUT2D eigenvalue weighted by Gasteiger charge is -2.17. The summed E-state index contributed by atoms with van der Waals surface area (Å²) in [6.07, 6.45) is 5.13. The monoisotopic (exact) mass is 194 g/mol. The summed E-state index contributed by atoms with van der Waals surface area (Å²) >= 11 is 0. The topological polar surface area (TPSA) is 51.2 Å². The van der Waals surface area contributed by atoms with Crippen molar-refractivity contribution in [3.05, 3.63) is 24.2 Å². The molecule has 0 aromatic carbocycles. The molecular formula is C11H18N2O. The van der Waals surface area contributed by atoms with Crippen LogP contribution in [0.5, 0.6) is 0 Å². The lowest BCUT2D eigenvalue weighted by Crippen LogP contribution is -2.30. The van der Waals surface area contributed by atoms with E-state index in [0.717, 1.165) is 18.6 Å². The Balaban J connectivity index is 1.86. The molecular weight excluding hydrogens is 176 g/mol. The molecule has 0 radical (unpaired) electrons. The standard InChI is InChI=1S/C11H18N2O/c1-8(11-3-2-6-14-11)13-10-5-4-9(12)7-10/h2-3,6,8-10,13H,4-5,7,12H2,1H3. The minimum atomic E-state index is 0.292. The predicted octanol–water partition coefficient (Wildman–Crippen LogP) is 1.81. The number of hydrogen-bond donors (Lipinski definition) is 2. The SMILES string of the molecule is CC(NC1CCC(N)C1)c1ccco1. The molecule has 0 amide bonds. The van der Waals surface area contributed by atoms with Gasteiger partial charge in [-0.15, -0.1) is 0 Å². The van der Waals surface area contributed by atoms with E-state index < -0.39 is 0 Å². The second kappa shape index (κ2) is 4.15. The highest BCUT2D eigenvalue weighted by molar-refractivity contribution is 5.03. The van der Waals surface area contributed by atoms with Crippen molar-refractivity contribution in [2.45, 2.75) is 44.3 Å². The van der Waals surface area contributed by atoms with Crippen LogP contribution >= 0.6 is 0 Å². The summed E-state index contributed by atoms with van der Waals surface area (Å²) in [7, 11) is 0. The van der Waals surface area contributed by atoms with E-state index in [2.05, 4.69) is 12.2 Å². The van der Waals surface area contributed by atoms with Crippen LogP contribution in [0.25, 0.3) is 0 Å². The summed E-state index contributed by atoms with van der Waals surface area (Å²) in [5.74, 6) is 1.01. The van der Waals surface area contributed by atoms with Gasteiger partial charge in [0.15, 0.2) is 0 Å². The molecule has 0 bridgehead atoms. The van der Waals surface area contributed by atoms with Crippen molar-refractivity contribution in [2.24, 2.45) is 5.73 Å². The molecule has 78 valence electrons. The molecule has 1 aliphatic rings. The minimum Gasteiger partial charge on any atom is -0.468 e. The molecule has 2 rings (SSSR count). The van der Waals surface area contributed by atoms with Crippen LogP contribution in [-0.4, -0.2) is 12.1 Å². The fourth-order valence-corrected chi connectivity index (χ4v) is 2.14. The lowest BCUT2D eigenvalue weighted by atomic mass is 10.2. The highest BCUT2D eigenvalue weighted by Gasteiger charge is 2.23. The van der Waals surface area contributed by atoms with Crippen molar-refractivity contribution in [2.75, 3.05) is 0 Å². The maximum Gasteiger partial charge on any atom is 0.120 e. The first kappa shape index (κ1) is 9.74. The van der Waals surface area contributed by atoms with Gasteiger partial charge in [0.05, 0.1) is 12.3 Å². The molecule has 3 N–H and O–H groups in total. The Kier molecular flexibility index (Phi) is 2.89. The van der Waals surface area contributed by atoms with Gasteiger partial charge < -0.3 is 15.5 Å². The second-order valence-corrected chi connectivity index (χ2v) is 4.17. The van der Waals surface area contributed by atoms with Gasteiger partial charge in [-0.3, -0.25) is 0 Å². The van der Waals surface area contributed by atoms with E-state index >= 15 is 0 Å². The van der Waals surface area contributed by atoms with Crippen LogP contribution in [0.15, 0.2) is 22.8 Å². The molecule has 0 aliphatic heterocycles. The van der Waals surface area contributed by atoms with Gasteiger partial charge in [0.25, 0.3) is 0 Å². The third-order valence-electron chi connectivity index (χ3n) is 2.93. The van der Waals surface area contributed by atoms with E-state index in [0.29, 0.717) is 18.1 Å². The van der Waals surface area contributed by atoms with Gasteiger partial charge in [-0.1, -0.05) is 0 Å². The quantitative estimate of drug-likeness (QED) is 0.771. The summed E-state index contributed by atoms with van der Waals surface area (Å²) in [5.41, 5.74) is 5.86. The normalized spacial score (nSPS) is 29.3. The molecule has 0 spiro atoms. The zero-order valence-corrected chi connectivity index (χ0v) is 8.57. The van der Waals surface area contributed by atoms with E-state index in [1.807, 2.05) is 12.1 Å². The molecule has 1 fully saturated rings. The van der Waals surface area contributed by atoms with Gasteiger partial charge in [-0.05, 0) is 38.3 Å². The van der Waals surface area contributed by atoms with Crippen molar-refractivity contribution in [3.8, 4) is 0 Å². The first-order valence-corrected chi connectivity index (χ1v) is 5.30. The summed E-state index contributed by atoms with van der Waals surface area (Å²) in [4.78, 5) is 0. The zero-order valence-electron chi connectivity index (χ0n) is 8.57. The van der Waals surface area contributed by atoms with Crippen LogP contribution < -0.4 is 11.1 Å². The minimum absolute atomic E-state index is 0.292. The second-order valence-electron chi connectivity index (χ2n) is 4.17. The highest BCUT2D eigenvalue weighted by atomic mass is 16.3. The van der Waals surface area contributed by atoms with Gasteiger partial charge in [-0.2, -0.15) is 0 Å². The van der Waals surface area contributed by atoms with Crippen molar-refractivity contribution >= 4 is 0 Å². The largest absolute Gasteiger partial charge is 0.468 e. The van der Waals surface area contributed by atoms with Gasteiger partial charge in [0.2, 0.25) is 0 Å². The van der Waals surface area contributed by atoms with Gasteiger partial charge >= 0.3 is 0 Å². The molecule has 3 heteroatoms. The average Bonchev–Trinajstić information content (AvgIpc) is 2.75. The van der Waals surface area contributed by atoms with Crippen LogP contribution in [-0.2, 0) is 0 Å².